The number of carboxylic acid groups (broad SMARTS) is 1. The van der Waals surface area contributed by atoms with Gasteiger partial charge in [0.05, 0.1) is 10.6 Å². The molecule has 6 nitrogen and oxygen atoms in total. The topological polar surface area (TPSA) is 104 Å². The van der Waals surface area contributed by atoms with E-state index >= 15 is 0 Å². The lowest BCUT2D eigenvalue weighted by atomic mass is 10.1. The highest BCUT2D eigenvalue weighted by molar-refractivity contribution is 7.93. The molecule has 0 radical (unpaired) electrons. The molecule has 7 heteroatoms. The second kappa shape index (κ2) is 6.54. The molecule has 0 spiro atoms. The average molecular weight is 393 g/mol. The number of carbonyl (C=O) groups is 1. The highest BCUT2D eigenvalue weighted by Gasteiger charge is 2.24. The Kier molecular flexibility index (Phi) is 4.16. The van der Waals surface area contributed by atoms with Gasteiger partial charge in [-0.15, -0.1) is 0 Å². The summed E-state index contributed by atoms with van der Waals surface area (Å²) < 4.78 is 28.9. The van der Waals surface area contributed by atoms with Gasteiger partial charge in [-0.25, -0.2) is 13.2 Å². The zero-order chi connectivity index (χ0) is 19.9. The van der Waals surface area contributed by atoms with Crippen LogP contribution in [-0.4, -0.2) is 24.6 Å². The van der Waals surface area contributed by atoms with Gasteiger partial charge in [0.2, 0.25) is 0 Å². The monoisotopic (exact) mass is 393 g/mol. The Morgan fingerprint density at radius 3 is 2.14 bits per heavy atom. The number of aromatic carboxylic acids is 1. The van der Waals surface area contributed by atoms with Crippen molar-refractivity contribution in [2.45, 2.75) is 4.90 Å². The second-order valence-electron chi connectivity index (χ2n) is 6.25. The SMILES string of the molecule is O=C(O)c1cc(S(=O)(=O)Nc2cccc3ccccc23)c2ccccc2c1O. The van der Waals surface area contributed by atoms with Crippen molar-refractivity contribution in [3.05, 3.63) is 78.4 Å². The molecular weight excluding hydrogens is 378 g/mol. The molecule has 28 heavy (non-hydrogen) atoms. The fraction of sp³-hybridized carbons (Fsp3) is 0. The molecule has 0 unspecified atom stereocenters. The van der Waals surface area contributed by atoms with Crippen LogP contribution in [0.4, 0.5) is 5.69 Å². The normalized spacial score (nSPS) is 11.6. The summed E-state index contributed by atoms with van der Waals surface area (Å²) in [5.41, 5.74) is -0.0934. The smallest absolute Gasteiger partial charge is 0.339 e. The molecule has 3 N–H and O–H groups in total. The Balaban J connectivity index is 1.94. The van der Waals surface area contributed by atoms with Crippen LogP contribution in [0.25, 0.3) is 21.5 Å². The van der Waals surface area contributed by atoms with Crippen molar-refractivity contribution in [2.75, 3.05) is 4.72 Å². The van der Waals surface area contributed by atoms with Gasteiger partial charge in [-0.3, -0.25) is 4.72 Å². The fourth-order valence-corrected chi connectivity index (χ4v) is 4.54. The number of benzene rings is 4. The first kappa shape index (κ1) is 17.8. The number of nitrogens with one attached hydrogen (secondary N) is 1. The maximum Gasteiger partial charge on any atom is 0.339 e. The Morgan fingerprint density at radius 1 is 0.821 bits per heavy atom. The molecule has 0 aliphatic carbocycles. The van der Waals surface area contributed by atoms with Crippen LogP contribution in [0.3, 0.4) is 0 Å². The second-order valence-corrected chi connectivity index (χ2v) is 7.90. The predicted molar refractivity (Wildman–Crippen MR) is 107 cm³/mol. The first-order valence-corrected chi connectivity index (χ1v) is 9.85. The molecule has 0 fully saturated rings. The largest absolute Gasteiger partial charge is 0.506 e. The van der Waals surface area contributed by atoms with E-state index in [2.05, 4.69) is 4.72 Å². The summed E-state index contributed by atoms with van der Waals surface area (Å²) in [6.45, 7) is 0. The first-order chi connectivity index (χ1) is 13.4. The van der Waals surface area contributed by atoms with Crippen LogP contribution in [0.2, 0.25) is 0 Å². The third-order valence-electron chi connectivity index (χ3n) is 4.53. The maximum absolute atomic E-state index is 13.2. The van der Waals surface area contributed by atoms with E-state index in [1.807, 2.05) is 18.2 Å². The number of anilines is 1. The Morgan fingerprint density at radius 2 is 1.43 bits per heavy atom. The van der Waals surface area contributed by atoms with Crippen molar-refractivity contribution < 1.29 is 23.4 Å². The van der Waals surface area contributed by atoms with Crippen LogP contribution in [0.15, 0.2) is 77.7 Å². The minimum Gasteiger partial charge on any atom is -0.506 e. The standard InChI is InChI=1S/C21H15NO5S/c23-20-16-10-4-3-9-15(16)19(12-17(20)21(24)25)28(26,27)22-18-11-5-7-13-6-1-2-8-14(13)18/h1-12,22-23H,(H,24,25). The van der Waals surface area contributed by atoms with Crippen molar-refractivity contribution in [2.24, 2.45) is 0 Å². The van der Waals surface area contributed by atoms with Crippen molar-refractivity contribution >= 4 is 43.2 Å². The summed E-state index contributed by atoms with van der Waals surface area (Å²) >= 11 is 0. The van der Waals surface area contributed by atoms with E-state index in [4.69, 9.17) is 0 Å². The highest BCUT2D eigenvalue weighted by atomic mass is 32.2. The summed E-state index contributed by atoms with van der Waals surface area (Å²) in [6.07, 6.45) is 0. The number of fused-ring (bicyclic) bond motifs is 2. The van der Waals surface area contributed by atoms with E-state index in [1.54, 1.807) is 36.4 Å². The molecule has 140 valence electrons. The molecule has 0 bridgehead atoms. The summed E-state index contributed by atoms with van der Waals surface area (Å²) in [5.74, 6) is -1.88. The van der Waals surface area contributed by atoms with Gasteiger partial charge in [0, 0.05) is 16.2 Å². The van der Waals surface area contributed by atoms with E-state index < -0.39 is 27.3 Å². The summed E-state index contributed by atoms with van der Waals surface area (Å²) in [4.78, 5) is 11.3. The van der Waals surface area contributed by atoms with Gasteiger partial charge in [0.1, 0.15) is 11.3 Å². The van der Waals surface area contributed by atoms with E-state index in [-0.39, 0.29) is 15.7 Å². The van der Waals surface area contributed by atoms with Gasteiger partial charge in [-0.05, 0) is 17.5 Å². The zero-order valence-electron chi connectivity index (χ0n) is 14.5. The van der Waals surface area contributed by atoms with E-state index in [1.165, 1.54) is 12.1 Å². The summed E-state index contributed by atoms with van der Waals surface area (Å²) in [6, 6.07) is 19.8. The Hall–Kier alpha value is -3.58. The first-order valence-electron chi connectivity index (χ1n) is 8.37. The molecule has 0 atom stereocenters. The van der Waals surface area contributed by atoms with Crippen LogP contribution in [-0.2, 0) is 10.0 Å². The van der Waals surface area contributed by atoms with Gasteiger partial charge in [-0.2, -0.15) is 0 Å². The zero-order valence-corrected chi connectivity index (χ0v) is 15.3. The van der Waals surface area contributed by atoms with Crippen LogP contribution >= 0.6 is 0 Å². The lowest BCUT2D eigenvalue weighted by molar-refractivity contribution is 0.0694. The molecule has 4 aromatic rings. The minimum absolute atomic E-state index is 0.153. The van der Waals surface area contributed by atoms with Crippen LogP contribution in [0.5, 0.6) is 5.75 Å². The molecule has 4 rings (SSSR count). The third-order valence-corrected chi connectivity index (χ3v) is 5.94. The number of aromatic hydroxyl groups is 1. The van der Waals surface area contributed by atoms with Gasteiger partial charge in [-0.1, -0.05) is 60.7 Å². The number of hydrogen-bond acceptors (Lipinski definition) is 4. The van der Waals surface area contributed by atoms with E-state index in [0.717, 1.165) is 16.8 Å². The quantitative estimate of drug-likeness (QED) is 0.482. The van der Waals surface area contributed by atoms with Crippen molar-refractivity contribution in [1.29, 1.82) is 0 Å². The number of hydrogen-bond donors (Lipinski definition) is 3. The molecule has 4 aromatic carbocycles. The van der Waals surface area contributed by atoms with Gasteiger partial charge >= 0.3 is 5.97 Å². The number of phenols is 1. The van der Waals surface area contributed by atoms with Crippen LogP contribution in [0, 0.1) is 0 Å². The Labute approximate surface area is 160 Å². The van der Waals surface area contributed by atoms with Crippen LogP contribution in [0.1, 0.15) is 10.4 Å². The molecule has 0 aliphatic heterocycles. The van der Waals surface area contributed by atoms with Gasteiger partial charge in [0.25, 0.3) is 10.0 Å². The number of carboxylic acids is 1. The van der Waals surface area contributed by atoms with Gasteiger partial charge in [0.15, 0.2) is 0 Å². The van der Waals surface area contributed by atoms with Crippen molar-refractivity contribution in [3.63, 3.8) is 0 Å². The van der Waals surface area contributed by atoms with Crippen molar-refractivity contribution in [1.82, 2.24) is 0 Å². The fourth-order valence-electron chi connectivity index (χ4n) is 3.23. The van der Waals surface area contributed by atoms with E-state index in [9.17, 15) is 23.4 Å². The summed E-state index contributed by atoms with van der Waals surface area (Å²) in [7, 11) is -4.13. The molecule has 0 heterocycles. The van der Waals surface area contributed by atoms with Crippen molar-refractivity contribution in [3.8, 4) is 5.75 Å². The molecule has 0 saturated carbocycles. The maximum atomic E-state index is 13.2. The molecule has 0 aromatic heterocycles. The highest BCUT2D eigenvalue weighted by Crippen LogP contribution is 2.35. The van der Waals surface area contributed by atoms with Crippen LogP contribution < -0.4 is 4.72 Å². The predicted octanol–water partition coefficient (Wildman–Crippen LogP) is 4.20. The lowest BCUT2D eigenvalue weighted by Gasteiger charge is -2.14. The lowest BCUT2D eigenvalue weighted by Crippen LogP contribution is -2.15. The number of rotatable bonds is 4. The van der Waals surface area contributed by atoms with Gasteiger partial charge < -0.3 is 10.2 Å². The average Bonchev–Trinajstić information content (AvgIpc) is 2.68. The molecular formula is C21H15NO5S. The molecule has 0 saturated heterocycles. The summed E-state index contributed by atoms with van der Waals surface area (Å²) in [5, 5.41) is 21.6. The minimum atomic E-state index is -4.13. The Bertz CT molecular complexity index is 1340. The van der Waals surface area contributed by atoms with E-state index in [0.29, 0.717) is 5.69 Å². The molecule has 0 amide bonds. The molecule has 0 aliphatic rings. The number of sulfonamides is 1. The third kappa shape index (κ3) is 2.91.